The predicted octanol–water partition coefficient (Wildman–Crippen LogP) is 3.74. The third-order valence-electron chi connectivity index (χ3n) is 3.19. The number of hydrogen-bond acceptors (Lipinski definition) is 4. The van der Waals surface area contributed by atoms with Crippen LogP contribution in [0.4, 0.5) is 8.78 Å². The molecule has 2 aromatic rings. The number of halogens is 2. The van der Waals surface area contributed by atoms with Gasteiger partial charge < -0.3 is 14.7 Å². The van der Waals surface area contributed by atoms with Crippen LogP contribution in [-0.2, 0) is 11.3 Å². The molecule has 0 spiro atoms. The van der Waals surface area contributed by atoms with Gasteiger partial charge in [-0.2, -0.15) is 8.78 Å². The summed E-state index contributed by atoms with van der Waals surface area (Å²) >= 11 is 1.38. The number of hydrogen-bond donors (Lipinski definition) is 1. The number of nitrogens with zero attached hydrogens (tertiary/aromatic N) is 1. The van der Waals surface area contributed by atoms with Gasteiger partial charge in [0.1, 0.15) is 11.5 Å². The van der Waals surface area contributed by atoms with E-state index in [0.29, 0.717) is 6.54 Å². The number of carbonyl (C=O) groups excluding carboxylic acids is 1. The number of benzene rings is 2. The van der Waals surface area contributed by atoms with Gasteiger partial charge in [-0.05, 0) is 42.0 Å². The zero-order chi connectivity index (χ0) is 17.5. The second-order valence-corrected chi connectivity index (χ2v) is 6.10. The van der Waals surface area contributed by atoms with Gasteiger partial charge >= 0.3 is 6.61 Å². The van der Waals surface area contributed by atoms with Crippen LogP contribution < -0.4 is 4.74 Å². The van der Waals surface area contributed by atoms with E-state index >= 15 is 0 Å². The first kappa shape index (κ1) is 18.1. The van der Waals surface area contributed by atoms with Crippen LogP contribution in [0.3, 0.4) is 0 Å². The average Bonchev–Trinajstić information content (AvgIpc) is 2.55. The lowest BCUT2D eigenvalue weighted by molar-refractivity contribution is -0.127. The van der Waals surface area contributed by atoms with E-state index in [4.69, 9.17) is 0 Å². The molecule has 0 aliphatic rings. The molecule has 0 aliphatic carbocycles. The van der Waals surface area contributed by atoms with Crippen molar-refractivity contribution in [2.45, 2.75) is 18.1 Å². The summed E-state index contributed by atoms with van der Waals surface area (Å²) in [6.07, 6.45) is 0. The Balaban J connectivity index is 1.83. The zero-order valence-electron chi connectivity index (χ0n) is 13.0. The molecule has 0 bridgehead atoms. The first-order valence-electron chi connectivity index (χ1n) is 7.13. The molecule has 0 aromatic heterocycles. The minimum Gasteiger partial charge on any atom is -0.508 e. The number of amides is 1. The number of phenolic OH excluding ortho intramolecular Hbond substituents is 1. The van der Waals surface area contributed by atoms with Gasteiger partial charge in [-0.15, -0.1) is 11.8 Å². The summed E-state index contributed by atoms with van der Waals surface area (Å²) in [4.78, 5) is 14.6. The molecule has 2 aromatic carbocycles. The Kier molecular flexibility index (Phi) is 6.43. The fourth-order valence-electron chi connectivity index (χ4n) is 1.94. The fourth-order valence-corrected chi connectivity index (χ4v) is 2.78. The molecular formula is C17H17F2NO3S. The van der Waals surface area contributed by atoms with Gasteiger partial charge in [0, 0.05) is 18.5 Å². The van der Waals surface area contributed by atoms with Gasteiger partial charge in [-0.1, -0.05) is 12.1 Å². The minimum atomic E-state index is -2.85. The van der Waals surface area contributed by atoms with Gasteiger partial charge in [0.25, 0.3) is 0 Å². The lowest BCUT2D eigenvalue weighted by atomic mass is 10.2. The van der Waals surface area contributed by atoms with Gasteiger partial charge in [-0.25, -0.2) is 0 Å². The summed E-state index contributed by atoms with van der Waals surface area (Å²) in [5.41, 5.74) is 0.821. The minimum absolute atomic E-state index is 0.0546. The maximum absolute atomic E-state index is 12.1. The van der Waals surface area contributed by atoms with Crippen LogP contribution in [0.15, 0.2) is 53.4 Å². The van der Waals surface area contributed by atoms with Crippen LogP contribution in [0.25, 0.3) is 0 Å². The van der Waals surface area contributed by atoms with Gasteiger partial charge in [0.05, 0.1) is 5.75 Å². The van der Waals surface area contributed by atoms with E-state index in [9.17, 15) is 18.7 Å². The number of rotatable bonds is 7. The monoisotopic (exact) mass is 353 g/mol. The standard InChI is InChI=1S/C17H17F2NO3S/c1-20(10-12-2-6-14(7-3-12)23-17(18)19)16(22)11-24-15-8-4-13(21)5-9-15/h2-9,17,21H,10-11H2,1H3. The molecular weight excluding hydrogens is 336 g/mol. The zero-order valence-corrected chi connectivity index (χ0v) is 13.8. The third kappa shape index (κ3) is 5.73. The van der Waals surface area contributed by atoms with Crippen molar-refractivity contribution in [3.05, 3.63) is 54.1 Å². The number of ether oxygens (including phenoxy) is 1. The van der Waals surface area contributed by atoms with Crippen molar-refractivity contribution in [2.75, 3.05) is 12.8 Å². The molecule has 0 saturated carbocycles. The summed E-state index contributed by atoms with van der Waals surface area (Å²) in [5, 5.41) is 9.22. The van der Waals surface area contributed by atoms with Crippen LogP contribution >= 0.6 is 11.8 Å². The summed E-state index contributed by atoms with van der Waals surface area (Å²) in [7, 11) is 1.68. The molecule has 1 amide bonds. The maximum atomic E-state index is 12.1. The topological polar surface area (TPSA) is 49.8 Å². The lowest BCUT2D eigenvalue weighted by Gasteiger charge is -2.17. The Hall–Kier alpha value is -2.28. The van der Waals surface area contributed by atoms with E-state index in [-0.39, 0.29) is 23.2 Å². The highest BCUT2D eigenvalue weighted by Crippen LogP contribution is 2.21. The first-order valence-corrected chi connectivity index (χ1v) is 8.12. The smallest absolute Gasteiger partial charge is 0.387 e. The van der Waals surface area contributed by atoms with E-state index < -0.39 is 6.61 Å². The summed E-state index contributed by atoms with van der Waals surface area (Å²) in [5.74, 6) is 0.488. The molecule has 0 radical (unpaired) electrons. The Bertz CT molecular complexity index is 663. The number of phenols is 1. The second-order valence-electron chi connectivity index (χ2n) is 5.05. The number of alkyl halides is 2. The van der Waals surface area contributed by atoms with Crippen LogP contribution in [0.2, 0.25) is 0 Å². The van der Waals surface area contributed by atoms with Crippen molar-refractivity contribution in [1.82, 2.24) is 4.90 Å². The first-order chi connectivity index (χ1) is 11.4. The summed E-state index contributed by atoms with van der Waals surface area (Å²) in [6.45, 7) is -2.47. The Morgan fingerprint density at radius 1 is 1.17 bits per heavy atom. The van der Waals surface area contributed by atoms with Gasteiger partial charge in [0.15, 0.2) is 0 Å². The van der Waals surface area contributed by atoms with Crippen LogP contribution in [-0.4, -0.2) is 35.3 Å². The van der Waals surface area contributed by atoms with E-state index in [1.54, 1.807) is 48.3 Å². The molecule has 2 rings (SSSR count). The summed E-state index contributed by atoms with van der Waals surface area (Å²) < 4.78 is 28.5. The summed E-state index contributed by atoms with van der Waals surface area (Å²) in [6, 6.07) is 12.8. The van der Waals surface area contributed by atoms with Gasteiger partial charge in [0.2, 0.25) is 5.91 Å². The fraction of sp³-hybridized carbons (Fsp3) is 0.235. The number of thioether (sulfide) groups is 1. The van der Waals surface area contributed by atoms with Crippen molar-refractivity contribution in [2.24, 2.45) is 0 Å². The molecule has 1 N–H and O–H groups in total. The van der Waals surface area contributed by atoms with Gasteiger partial charge in [-0.3, -0.25) is 4.79 Å². The third-order valence-corrected chi connectivity index (χ3v) is 4.19. The molecule has 7 heteroatoms. The van der Waals surface area contributed by atoms with E-state index in [1.807, 2.05) is 0 Å². The van der Waals surface area contributed by atoms with E-state index in [0.717, 1.165) is 10.5 Å². The van der Waals surface area contributed by atoms with E-state index in [2.05, 4.69) is 4.74 Å². The normalized spacial score (nSPS) is 10.7. The van der Waals surface area contributed by atoms with Crippen molar-refractivity contribution >= 4 is 17.7 Å². The Morgan fingerprint density at radius 3 is 2.38 bits per heavy atom. The number of carbonyl (C=O) groups is 1. The maximum Gasteiger partial charge on any atom is 0.387 e. The Labute approximate surface area is 143 Å². The highest BCUT2D eigenvalue weighted by molar-refractivity contribution is 8.00. The molecule has 4 nitrogen and oxygen atoms in total. The van der Waals surface area contributed by atoms with Crippen LogP contribution in [0.1, 0.15) is 5.56 Å². The highest BCUT2D eigenvalue weighted by atomic mass is 32.2. The SMILES string of the molecule is CN(Cc1ccc(OC(F)F)cc1)C(=O)CSc1ccc(O)cc1. The Morgan fingerprint density at radius 2 is 1.79 bits per heavy atom. The van der Waals surface area contributed by atoms with Crippen molar-refractivity contribution in [3.8, 4) is 11.5 Å². The molecule has 128 valence electrons. The highest BCUT2D eigenvalue weighted by Gasteiger charge is 2.11. The van der Waals surface area contributed by atoms with Crippen molar-refractivity contribution in [3.63, 3.8) is 0 Å². The number of aromatic hydroxyl groups is 1. The van der Waals surface area contributed by atoms with Crippen molar-refractivity contribution in [1.29, 1.82) is 0 Å². The molecule has 0 aliphatic heterocycles. The van der Waals surface area contributed by atoms with Crippen molar-refractivity contribution < 1.29 is 23.4 Å². The van der Waals surface area contributed by atoms with Crippen LogP contribution in [0, 0.1) is 0 Å². The lowest BCUT2D eigenvalue weighted by Crippen LogP contribution is -2.27. The predicted molar refractivity (Wildman–Crippen MR) is 88.4 cm³/mol. The molecule has 0 fully saturated rings. The molecule has 0 saturated heterocycles. The van der Waals surface area contributed by atoms with Crippen LogP contribution in [0.5, 0.6) is 11.5 Å². The quantitative estimate of drug-likeness (QED) is 0.771. The molecule has 0 atom stereocenters. The second kappa shape index (κ2) is 8.54. The average molecular weight is 353 g/mol. The largest absolute Gasteiger partial charge is 0.508 e. The molecule has 0 heterocycles. The molecule has 0 unspecified atom stereocenters. The van der Waals surface area contributed by atoms with E-state index in [1.165, 1.54) is 23.9 Å². The molecule has 24 heavy (non-hydrogen) atoms.